The summed E-state index contributed by atoms with van der Waals surface area (Å²) < 4.78 is 68.8. The molecule has 0 bridgehead atoms. The maximum atomic E-state index is 14.2. The molecule has 0 unspecified atom stereocenters. The van der Waals surface area contributed by atoms with Gasteiger partial charge in [-0.3, -0.25) is 9.71 Å². The van der Waals surface area contributed by atoms with E-state index in [9.17, 15) is 26.9 Å². The van der Waals surface area contributed by atoms with Crippen molar-refractivity contribution in [1.29, 1.82) is 5.26 Å². The molecule has 2 aromatic carbocycles. The predicted molar refractivity (Wildman–Crippen MR) is 144 cm³/mol. The highest BCUT2D eigenvalue weighted by Gasteiger charge is 2.22. The maximum absolute atomic E-state index is 14.2. The highest BCUT2D eigenvalue weighted by Crippen LogP contribution is 2.33. The monoisotopic (exact) mass is 600 g/mol. The van der Waals surface area contributed by atoms with Crippen molar-refractivity contribution < 1.29 is 21.6 Å². The van der Waals surface area contributed by atoms with Gasteiger partial charge in [0.05, 0.1) is 33.2 Å². The van der Waals surface area contributed by atoms with E-state index in [1.807, 2.05) is 6.07 Å². The van der Waals surface area contributed by atoms with Crippen LogP contribution in [0.1, 0.15) is 5.56 Å². The number of anilines is 3. The van der Waals surface area contributed by atoms with E-state index in [4.69, 9.17) is 23.2 Å². The van der Waals surface area contributed by atoms with Gasteiger partial charge in [0.1, 0.15) is 33.9 Å². The van der Waals surface area contributed by atoms with Gasteiger partial charge in [0, 0.05) is 29.7 Å². The molecule has 0 aliphatic rings. The molecule has 0 aliphatic carbocycles. The van der Waals surface area contributed by atoms with E-state index < -0.39 is 32.4 Å². The van der Waals surface area contributed by atoms with E-state index in [1.165, 1.54) is 36.7 Å². The fourth-order valence-corrected chi connectivity index (χ4v) is 5.21. The van der Waals surface area contributed by atoms with E-state index in [0.717, 1.165) is 12.1 Å². The van der Waals surface area contributed by atoms with Gasteiger partial charge in [-0.15, -0.1) is 0 Å². The van der Waals surface area contributed by atoms with Crippen LogP contribution in [0.5, 0.6) is 0 Å². The zero-order valence-corrected chi connectivity index (χ0v) is 22.1. The minimum absolute atomic E-state index is 0.127. The van der Waals surface area contributed by atoms with Crippen LogP contribution < -0.4 is 10.0 Å². The first-order valence-corrected chi connectivity index (χ1v) is 13.4. The Balaban J connectivity index is 1.56. The first kappa shape index (κ1) is 27.1. The van der Waals surface area contributed by atoms with Crippen LogP contribution in [-0.2, 0) is 10.0 Å². The van der Waals surface area contributed by atoms with Crippen molar-refractivity contribution in [2.24, 2.45) is 0 Å². The highest BCUT2D eigenvalue weighted by molar-refractivity contribution is 7.92. The average Bonchev–Trinajstić information content (AvgIpc) is 2.91. The molecular weight excluding hydrogens is 588 g/mol. The molecule has 5 rings (SSSR count). The molecular formula is C26H13Cl2F3N6O2S. The van der Waals surface area contributed by atoms with Crippen LogP contribution in [0, 0.1) is 28.8 Å². The van der Waals surface area contributed by atoms with Crippen molar-refractivity contribution in [3.63, 3.8) is 0 Å². The fraction of sp³-hybridized carbons (Fsp3) is 0. The van der Waals surface area contributed by atoms with Gasteiger partial charge in [0.25, 0.3) is 10.0 Å². The number of rotatable bonds is 6. The molecule has 0 radical (unpaired) electrons. The second-order valence-corrected chi connectivity index (χ2v) is 10.6. The molecule has 3 heterocycles. The molecule has 200 valence electrons. The van der Waals surface area contributed by atoms with Gasteiger partial charge in [-0.1, -0.05) is 23.2 Å². The smallest absolute Gasteiger partial charge is 0.264 e. The summed E-state index contributed by atoms with van der Waals surface area (Å²) in [7, 11) is -4.50. The lowest BCUT2D eigenvalue weighted by Gasteiger charge is -2.13. The van der Waals surface area contributed by atoms with Gasteiger partial charge in [-0.05, 0) is 48.5 Å². The van der Waals surface area contributed by atoms with E-state index in [-0.39, 0.29) is 32.6 Å². The Bertz CT molecular complexity index is 1970. The standard InChI is InChI=1S/C26H13Cl2F3N6O2S/c27-17-9-16(2-3-18(17)30)35-24-14(10-32)12-33-21-5-4-20(36-25(21)24)13-7-22(26(28)34-11-13)37-40(38,39)23-6-1-15(29)8-19(23)31/h1-9,11-12,37H,(H,33,35). The molecule has 0 aliphatic heterocycles. The summed E-state index contributed by atoms with van der Waals surface area (Å²) in [5.74, 6) is -2.84. The van der Waals surface area contributed by atoms with Crippen molar-refractivity contribution in [1.82, 2.24) is 15.0 Å². The SMILES string of the molecule is N#Cc1cnc2ccc(-c3cnc(Cl)c(NS(=O)(=O)c4ccc(F)cc4F)c3)nc2c1Nc1ccc(F)c(Cl)c1. The van der Waals surface area contributed by atoms with Gasteiger partial charge in [0.15, 0.2) is 5.15 Å². The Morgan fingerprint density at radius 3 is 2.42 bits per heavy atom. The molecule has 40 heavy (non-hydrogen) atoms. The molecule has 14 heteroatoms. The van der Waals surface area contributed by atoms with E-state index in [0.29, 0.717) is 28.5 Å². The number of halogens is 5. The maximum Gasteiger partial charge on any atom is 0.264 e. The third-order valence-electron chi connectivity index (χ3n) is 5.58. The Labute approximate surface area is 235 Å². The average molecular weight is 601 g/mol. The number of nitrogens with one attached hydrogen (secondary N) is 2. The highest BCUT2D eigenvalue weighted by atomic mass is 35.5. The summed E-state index contributed by atoms with van der Waals surface area (Å²) in [5, 5.41) is 12.3. The number of aromatic nitrogens is 3. The molecule has 0 saturated heterocycles. The Morgan fingerprint density at radius 1 is 0.900 bits per heavy atom. The molecule has 0 spiro atoms. The summed E-state index contributed by atoms with van der Waals surface area (Å²) in [4.78, 5) is 12.1. The van der Waals surface area contributed by atoms with E-state index >= 15 is 0 Å². The van der Waals surface area contributed by atoms with Crippen LogP contribution >= 0.6 is 23.2 Å². The number of nitriles is 1. The normalized spacial score (nSPS) is 11.3. The first-order chi connectivity index (χ1) is 19.1. The van der Waals surface area contributed by atoms with Crippen molar-refractivity contribution in [3.05, 3.63) is 100 Å². The third kappa shape index (κ3) is 5.35. The summed E-state index contributed by atoms with van der Waals surface area (Å²) in [5.41, 5.74) is 1.89. The summed E-state index contributed by atoms with van der Waals surface area (Å²) >= 11 is 12.0. The molecule has 8 nitrogen and oxygen atoms in total. The van der Waals surface area contributed by atoms with Gasteiger partial charge < -0.3 is 5.32 Å². The molecule has 2 N–H and O–H groups in total. The Hall–Kier alpha value is -4.44. The molecule has 0 saturated carbocycles. The van der Waals surface area contributed by atoms with Gasteiger partial charge in [-0.25, -0.2) is 31.6 Å². The molecule has 0 amide bonds. The molecule has 0 fully saturated rings. The van der Waals surface area contributed by atoms with Crippen LogP contribution in [0.15, 0.2) is 71.9 Å². The summed E-state index contributed by atoms with van der Waals surface area (Å²) in [6.45, 7) is 0. The molecule has 3 aromatic heterocycles. The van der Waals surface area contributed by atoms with Crippen LogP contribution in [0.4, 0.5) is 30.2 Å². The second kappa shape index (κ2) is 10.6. The van der Waals surface area contributed by atoms with Gasteiger partial charge >= 0.3 is 0 Å². The minimum atomic E-state index is -4.50. The lowest BCUT2D eigenvalue weighted by molar-refractivity contribution is 0.551. The number of sulfonamides is 1. The predicted octanol–water partition coefficient (Wildman–Crippen LogP) is 6.83. The Kier molecular flexibility index (Phi) is 7.20. The quantitative estimate of drug-likeness (QED) is 0.205. The lowest BCUT2D eigenvalue weighted by atomic mass is 10.1. The number of pyridine rings is 3. The topological polar surface area (TPSA) is 121 Å². The van der Waals surface area contributed by atoms with Gasteiger partial charge in [-0.2, -0.15) is 5.26 Å². The van der Waals surface area contributed by atoms with Crippen LogP contribution in [0.2, 0.25) is 10.2 Å². The Morgan fingerprint density at radius 2 is 1.70 bits per heavy atom. The summed E-state index contributed by atoms with van der Waals surface area (Å²) in [6.07, 6.45) is 2.68. The van der Waals surface area contributed by atoms with Crippen molar-refractivity contribution >= 4 is 61.3 Å². The van der Waals surface area contributed by atoms with Crippen LogP contribution in [-0.4, -0.2) is 23.4 Å². The number of benzene rings is 2. The van der Waals surface area contributed by atoms with Crippen molar-refractivity contribution in [3.8, 4) is 17.3 Å². The second-order valence-electron chi connectivity index (χ2n) is 8.22. The van der Waals surface area contributed by atoms with E-state index in [2.05, 4.69) is 25.0 Å². The fourth-order valence-electron chi connectivity index (χ4n) is 3.71. The number of nitrogens with zero attached hydrogens (tertiary/aromatic N) is 4. The first-order valence-electron chi connectivity index (χ1n) is 11.1. The van der Waals surface area contributed by atoms with E-state index in [1.54, 1.807) is 12.1 Å². The summed E-state index contributed by atoms with van der Waals surface area (Å²) in [6, 6.07) is 12.5. The van der Waals surface area contributed by atoms with Crippen LogP contribution in [0.25, 0.3) is 22.3 Å². The number of hydrogen-bond donors (Lipinski definition) is 2. The minimum Gasteiger partial charge on any atom is -0.353 e. The molecule has 5 aromatic rings. The largest absolute Gasteiger partial charge is 0.353 e. The zero-order chi connectivity index (χ0) is 28.6. The zero-order valence-electron chi connectivity index (χ0n) is 19.8. The number of fused-ring (bicyclic) bond motifs is 1. The van der Waals surface area contributed by atoms with Gasteiger partial charge in [0.2, 0.25) is 0 Å². The lowest BCUT2D eigenvalue weighted by Crippen LogP contribution is -2.15. The third-order valence-corrected chi connectivity index (χ3v) is 7.57. The van der Waals surface area contributed by atoms with Crippen LogP contribution in [0.3, 0.4) is 0 Å². The number of hydrogen-bond acceptors (Lipinski definition) is 7. The molecule has 0 atom stereocenters. The van der Waals surface area contributed by atoms with Crippen molar-refractivity contribution in [2.75, 3.05) is 10.0 Å². The van der Waals surface area contributed by atoms with Crippen molar-refractivity contribution in [2.45, 2.75) is 4.90 Å².